The van der Waals surface area contributed by atoms with Crippen LogP contribution in [0.25, 0.3) is 0 Å². The maximum absolute atomic E-state index is 5.71. The Hall–Kier alpha value is -0.670. The molecule has 1 aliphatic rings. The van der Waals surface area contributed by atoms with E-state index in [-0.39, 0.29) is 11.5 Å². The van der Waals surface area contributed by atoms with E-state index in [1.165, 1.54) is 0 Å². The Morgan fingerprint density at radius 3 is 3.08 bits per heavy atom. The number of aliphatic imine (C=N–C) groups is 2. The van der Waals surface area contributed by atoms with Crippen molar-refractivity contribution in [3.8, 4) is 0 Å². The zero-order chi connectivity index (χ0) is 9.68. The minimum absolute atomic E-state index is 0.179. The summed E-state index contributed by atoms with van der Waals surface area (Å²) in [6.07, 6.45) is 5.51. The fourth-order valence-corrected chi connectivity index (χ4v) is 1.25. The van der Waals surface area contributed by atoms with Gasteiger partial charge in [-0.2, -0.15) is 0 Å². The van der Waals surface area contributed by atoms with Gasteiger partial charge in [0.2, 0.25) is 5.29 Å². The van der Waals surface area contributed by atoms with Crippen LogP contribution in [-0.4, -0.2) is 24.3 Å². The molecule has 0 aromatic carbocycles. The molecule has 0 radical (unpaired) electrons. The monoisotopic (exact) mass is 200 g/mol. The SMILES string of the molecule is CC/C=C\C1=NC(Cl)=NC(OC)C1. The van der Waals surface area contributed by atoms with Crippen LogP contribution in [0.1, 0.15) is 19.8 Å². The second-order valence-corrected chi connectivity index (χ2v) is 3.04. The van der Waals surface area contributed by atoms with Crippen LogP contribution >= 0.6 is 11.6 Å². The highest BCUT2D eigenvalue weighted by Gasteiger charge is 2.14. The van der Waals surface area contributed by atoms with E-state index in [9.17, 15) is 0 Å². The maximum Gasteiger partial charge on any atom is 0.220 e. The molecule has 0 aromatic rings. The van der Waals surface area contributed by atoms with Crippen LogP contribution in [0, 0.1) is 0 Å². The van der Waals surface area contributed by atoms with Gasteiger partial charge in [-0.15, -0.1) is 0 Å². The molecular weight excluding hydrogens is 188 g/mol. The lowest BCUT2D eigenvalue weighted by atomic mass is 10.2. The smallest absolute Gasteiger partial charge is 0.220 e. The normalized spacial score (nSPS) is 23.2. The molecule has 0 amide bonds. The lowest BCUT2D eigenvalue weighted by Crippen LogP contribution is -2.18. The van der Waals surface area contributed by atoms with Gasteiger partial charge in [-0.3, -0.25) is 0 Å². The van der Waals surface area contributed by atoms with Gasteiger partial charge in [0.05, 0.1) is 0 Å². The van der Waals surface area contributed by atoms with Gasteiger partial charge in [0.25, 0.3) is 0 Å². The zero-order valence-corrected chi connectivity index (χ0v) is 8.58. The Labute approximate surface area is 83.2 Å². The summed E-state index contributed by atoms with van der Waals surface area (Å²) < 4.78 is 5.09. The standard InChI is InChI=1S/C9H13ClN2O/c1-3-4-5-7-6-8(13-2)12-9(10)11-7/h4-5,8H,3,6H2,1-2H3/b5-4-. The van der Waals surface area contributed by atoms with Crippen LogP contribution in [0.3, 0.4) is 0 Å². The molecule has 0 spiro atoms. The van der Waals surface area contributed by atoms with Gasteiger partial charge in [0.1, 0.15) is 0 Å². The number of nitrogens with zero attached hydrogens (tertiary/aromatic N) is 2. The van der Waals surface area contributed by atoms with E-state index in [1.54, 1.807) is 7.11 Å². The van der Waals surface area contributed by atoms with Gasteiger partial charge in [0.15, 0.2) is 6.23 Å². The minimum Gasteiger partial charge on any atom is -0.359 e. The Bertz CT molecular complexity index is 258. The molecular formula is C9H13ClN2O. The van der Waals surface area contributed by atoms with Gasteiger partial charge in [0, 0.05) is 19.2 Å². The first-order chi connectivity index (χ1) is 6.26. The van der Waals surface area contributed by atoms with Gasteiger partial charge in [-0.1, -0.05) is 13.0 Å². The van der Waals surface area contributed by atoms with E-state index >= 15 is 0 Å². The first-order valence-electron chi connectivity index (χ1n) is 4.26. The second-order valence-electron chi connectivity index (χ2n) is 2.71. The van der Waals surface area contributed by atoms with Crippen LogP contribution < -0.4 is 0 Å². The lowest BCUT2D eigenvalue weighted by Gasteiger charge is -2.14. The van der Waals surface area contributed by atoms with Crippen LogP contribution in [-0.2, 0) is 4.74 Å². The molecule has 1 unspecified atom stereocenters. The molecule has 3 nitrogen and oxygen atoms in total. The average Bonchev–Trinajstić information content (AvgIpc) is 2.14. The molecule has 13 heavy (non-hydrogen) atoms. The van der Waals surface area contributed by atoms with Crippen LogP contribution in [0.5, 0.6) is 0 Å². The van der Waals surface area contributed by atoms with E-state index < -0.39 is 0 Å². The molecule has 72 valence electrons. The predicted molar refractivity (Wildman–Crippen MR) is 55.6 cm³/mol. The fraction of sp³-hybridized carbons (Fsp3) is 0.556. The molecule has 1 rings (SSSR count). The number of ether oxygens (including phenoxy) is 1. The molecule has 1 atom stereocenters. The van der Waals surface area contributed by atoms with E-state index in [2.05, 4.69) is 16.9 Å². The Morgan fingerprint density at radius 1 is 1.69 bits per heavy atom. The van der Waals surface area contributed by atoms with Crippen molar-refractivity contribution in [3.05, 3.63) is 12.2 Å². The van der Waals surface area contributed by atoms with Gasteiger partial charge in [-0.05, 0) is 24.1 Å². The van der Waals surface area contributed by atoms with Crippen molar-refractivity contribution in [2.45, 2.75) is 26.0 Å². The summed E-state index contributed by atoms with van der Waals surface area (Å²) >= 11 is 5.71. The van der Waals surface area contributed by atoms with Crippen molar-refractivity contribution in [1.82, 2.24) is 0 Å². The van der Waals surface area contributed by atoms with Crippen molar-refractivity contribution < 1.29 is 4.74 Å². The Balaban J connectivity index is 2.66. The average molecular weight is 201 g/mol. The Kier molecular flexibility index (Phi) is 4.12. The maximum atomic E-state index is 5.71. The predicted octanol–water partition coefficient (Wildman–Crippen LogP) is 2.36. The van der Waals surface area contributed by atoms with Gasteiger partial charge in [-0.25, -0.2) is 9.98 Å². The number of hydrogen-bond acceptors (Lipinski definition) is 3. The number of methoxy groups -OCH3 is 1. The fourth-order valence-electron chi connectivity index (χ4n) is 1.03. The highest BCUT2D eigenvalue weighted by Crippen LogP contribution is 2.11. The highest BCUT2D eigenvalue weighted by atomic mass is 35.5. The van der Waals surface area contributed by atoms with Crippen LogP contribution in [0.2, 0.25) is 0 Å². The number of allylic oxidation sites excluding steroid dienone is 2. The van der Waals surface area contributed by atoms with E-state index in [0.29, 0.717) is 6.42 Å². The molecule has 1 aliphatic heterocycles. The summed E-state index contributed by atoms with van der Waals surface area (Å²) in [6, 6.07) is 0. The Morgan fingerprint density at radius 2 is 2.46 bits per heavy atom. The highest BCUT2D eigenvalue weighted by molar-refractivity contribution is 6.66. The topological polar surface area (TPSA) is 34.0 Å². The number of amidine groups is 1. The molecule has 0 saturated heterocycles. The summed E-state index contributed by atoms with van der Waals surface area (Å²) in [4.78, 5) is 8.08. The second kappa shape index (κ2) is 5.14. The summed E-state index contributed by atoms with van der Waals surface area (Å²) in [5.41, 5.74) is 0.925. The third-order valence-corrected chi connectivity index (χ3v) is 1.87. The first kappa shape index (κ1) is 10.4. The van der Waals surface area contributed by atoms with Crippen molar-refractivity contribution in [2.75, 3.05) is 7.11 Å². The molecule has 1 heterocycles. The van der Waals surface area contributed by atoms with E-state index in [0.717, 1.165) is 12.1 Å². The number of rotatable bonds is 3. The molecule has 0 fully saturated rings. The van der Waals surface area contributed by atoms with E-state index in [1.807, 2.05) is 12.2 Å². The first-order valence-corrected chi connectivity index (χ1v) is 4.64. The summed E-state index contributed by atoms with van der Waals surface area (Å²) in [7, 11) is 1.62. The molecule has 0 bridgehead atoms. The summed E-state index contributed by atoms with van der Waals surface area (Å²) in [5.74, 6) is 0. The van der Waals surface area contributed by atoms with Gasteiger partial charge >= 0.3 is 0 Å². The molecule has 0 N–H and O–H groups in total. The molecule has 0 saturated carbocycles. The third-order valence-electron chi connectivity index (χ3n) is 1.69. The van der Waals surface area contributed by atoms with E-state index in [4.69, 9.17) is 16.3 Å². The number of hydrogen-bond donors (Lipinski definition) is 0. The molecule has 0 aliphatic carbocycles. The van der Waals surface area contributed by atoms with Crippen LogP contribution in [0.15, 0.2) is 22.1 Å². The summed E-state index contributed by atoms with van der Waals surface area (Å²) in [6.45, 7) is 2.07. The lowest BCUT2D eigenvalue weighted by molar-refractivity contribution is 0.116. The van der Waals surface area contributed by atoms with Crippen molar-refractivity contribution >= 4 is 22.6 Å². The minimum atomic E-state index is -0.179. The largest absolute Gasteiger partial charge is 0.359 e. The van der Waals surface area contributed by atoms with Crippen molar-refractivity contribution in [2.24, 2.45) is 9.98 Å². The van der Waals surface area contributed by atoms with Crippen molar-refractivity contribution in [1.29, 1.82) is 0 Å². The number of halogens is 1. The molecule has 0 aromatic heterocycles. The van der Waals surface area contributed by atoms with Gasteiger partial charge < -0.3 is 4.74 Å². The summed E-state index contributed by atoms with van der Waals surface area (Å²) in [5, 5.41) is 0.272. The van der Waals surface area contributed by atoms with Crippen LogP contribution in [0.4, 0.5) is 0 Å². The van der Waals surface area contributed by atoms with Crippen molar-refractivity contribution in [3.63, 3.8) is 0 Å². The third kappa shape index (κ3) is 3.28. The quantitative estimate of drug-likeness (QED) is 0.644. The zero-order valence-electron chi connectivity index (χ0n) is 7.83. The molecule has 4 heteroatoms.